The van der Waals surface area contributed by atoms with Gasteiger partial charge in [-0.3, -0.25) is 4.72 Å². The Hall–Kier alpha value is -0.0700. The first-order valence-electron chi connectivity index (χ1n) is 3.69. The molecule has 0 aromatic heterocycles. The van der Waals surface area contributed by atoms with Crippen LogP contribution < -0.4 is 34.3 Å². The first kappa shape index (κ1) is 13.9. The minimum absolute atomic E-state index is 0. The summed E-state index contributed by atoms with van der Waals surface area (Å²) in [5, 5.41) is 0. The van der Waals surface area contributed by atoms with Crippen LogP contribution in [0.25, 0.3) is 0 Å². The summed E-state index contributed by atoms with van der Waals surface area (Å²) in [7, 11) is -4.41. The van der Waals surface area contributed by atoms with Gasteiger partial charge in [0.15, 0.2) is 10.3 Å². The van der Waals surface area contributed by atoms with E-state index in [2.05, 4.69) is 0 Å². The number of hydrogen-bond donors (Lipinski definition) is 1. The molecule has 1 N–H and O–H groups in total. The van der Waals surface area contributed by atoms with E-state index in [0.29, 0.717) is 5.69 Å². The van der Waals surface area contributed by atoms with Crippen LogP contribution >= 0.6 is 0 Å². The predicted octanol–water partition coefficient (Wildman–Crippen LogP) is -1.82. The van der Waals surface area contributed by atoms with Crippen molar-refractivity contribution in [1.82, 2.24) is 0 Å². The van der Waals surface area contributed by atoms with E-state index in [0.717, 1.165) is 11.1 Å². The number of hydrogen-bond acceptors (Lipinski definition) is 3. The first-order valence-corrected chi connectivity index (χ1v) is 5.10. The SMILES string of the molecule is Cc1ccc(NS(=O)(=O)[O-])cc1C.[Na+]. The van der Waals surface area contributed by atoms with Crippen molar-refractivity contribution >= 4 is 16.0 Å². The van der Waals surface area contributed by atoms with Crippen LogP contribution in [-0.2, 0) is 10.3 Å². The molecule has 14 heavy (non-hydrogen) atoms. The molecule has 0 atom stereocenters. The van der Waals surface area contributed by atoms with Crippen molar-refractivity contribution < 1.29 is 42.5 Å². The molecule has 4 nitrogen and oxygen atoms in total. The Morgan fingerprint density at radius 2 is 1.79 bits per heavy atom. The topological polar surface area (TPSA) is 69.2 Å². The molecule has 0 aliphatic heterocycles. The van der Waals surface area contributed by atoms with Gasteiger partial charge >= 0.3 is 29.6 Å². The molecule has 0 aliphatic rings. The molecular weight excluding hydrogens is 213 g/mol. The van der Waals surface area contributed by atoms with E-state index in [9.17, 15) is 13.0 Å². The Morgan fingerprint density at radius 3 is 2.21 bits per heavy atom. The number of benzene rings is 1. The second-order valence-corrected chi connectivity index (χ2v) is 3.97. The van der Waals surface area contributed by atoms with Gasteiger partial charge in [0.2, 0.25) is 0 Å². The normalized spacial score (nSPS) is 10.5. The molecule has 0 unspecified atom stereocenters. The molecule has 0 bridgehead atoms. The Bertz CT molecular complexity index is 417. The van der Waals surface area contributed by atoms with Crippen LogP contribution in [0.3, 0.4) is 0 Å². The van der Waals surface area contributed by atoms with Gasteiger partial charge in [0.05, 0.1) is 0 Å². The maximum Gasteiger partial charge on any atom is 1.00 e. The van der Waals surface area contributed by atoms with Crippen molar-refractivity contribution in [3.8, 4) is 0 Å². The van der Waals surface area contributed by atoms with Gasteiger partial charge in [-0.25, -0.2) is 8.42 Å². The zero-order valence-electron chi connectivity index (χ0n) is 8.37. The van der Waals surface area contributed by atoms with Crippen LogP contribution in [0.4, 0.5) is 5.69 Å². The third-order valence-corrected chi connectivity index (χ3v) is 2.24. The van der Waals surface area contributed by atoms with Crippen molar-refractivity contribution in [2.45, 2.75) is 13.8 Å². The van der Waals surface area contributed by atoms with E-state index < -0.39 is 10.3 Å². The maximum atomic E-state index is 10.3. The summed E-state index contributed by atoms with van der Waals surface area (Å²) in [6, 6.07) is 4.92. The number of aryl methyl sites for hydroxylation is 2. The molecule has 0 amide bonds. The van der Waals surface area contributed by atoms with E-state index in [4.69, 9.17) is 0 Å². The Balaban J connectivity index is 0.00000169. The molecule has 6 heteroatoms. The van der Waals surface area contributed by atoms with Crippen LogP contribution in [0, 0.1) is 13.8 Å². The average molecular weight is 223 g/mol. The van der Waals surface area contributed by atoms with Crippen LogP contribution in [0.5, 0.6) is 0 Å². The maximum absolute atomic E-state index is 10.3. The fourth-order valence-corrected chi connectivity index (χ4v) is 1.36. The minimum atomic E-state index is -4.41. The standard InChI is InChI=1S/C8H11NO3S.Na/c1-6-3-4-8(5-7(6)2)9-13(10,11)12;/h3-5,9H,1-2H3,(H,10,11,12);/q;+1/p-1. The Labute approximate surface area is 106 Å². The summed E-state index contributed by atoms with van der Waals surface area (Å²) in [5.41, 5.74) is 2.29. The zero-order chi connectivity index (χ0) is 10.1. The van der Waals surface area contributed by atoms with E-state index in [1.807, 2.05) is 18.6 Å². The van der Waals surface area contributed by atoms with Crippen molar-refractivity contribution in [3.63, 3.8) is 0 Å². The number of rotatable bonds is 2. The van der Waals surface area contributed by atoms with E-state index in [-0.39, 0.29) is 29.6 Å². The van der Waals surface area contributed by atoms with Gasteiger partial charge in [-0.1, -0.05) is 6.07 Å². The zero-order valence-corrected chi connectivity index (χ0v) is 11.2. The summed E-state index contributed by atoms with van der Waals surface area (Å²) in [5.74, 6) is 0. The van der Waals surface area contributed by atoms with Gasteiger partial charge in [0.1, 0.15) is 0 Å². The largest absolute Gasteiger partial charge is 1.00 e. The summed E-state index contributed by atoms with van der Waals surface area (Å²) in [6.45, 7) is 3.75. The fourth-order valence-electron chi connectivity index (χ4n) is 0.949. The van der Waals surface area contributed by atoms with Gasteiger partial charge in [-0.05, 0) is 37.1 Å². The van der Waals surface area contributed by atoms with Crippen LogP contribution in [0.2, 0.25) is 0 Å². The Morgan fingerprint density at radius 1 is 1.21 bits per heavy atom. The van der Waals surface area contributed by atoms with E-state index in [1.165, 1.54) is 0 Å². The molecule has 72 valence electrons. The summed E-state index contributed by atoms with van der Waals surface area (Å²) in [6.07, 6.45) is 0. The molecule has 1 aromatic rings. The molecular formula is C8H10NNaO3S. The molecule has 0 fully saturated rings. The minimum Gasteiger partial charge on any atom is -0.731 e. The third kappa shape index (κ3) is 4.43. The molecule has 0 aliphatic carbocycles. The average Bonchev–Trinajstić information content (AvgIpc) is 1.94. The van der Waals surface area contributed by atoms with Gasteiger partial charge in [0.25, 0.3) is 0 Å². The number of nitrogens with one attached hydrogen (secondary N) is 1. The summed E-state index contributed by atoms with van der Waals surface area (Å²) >= 11 is 0. The van der Waals surface area contributed by atoms with Gasteiger partial charge in [-0.15, -0.1) is 0 Å². The van der Waals surface area contributed by atoms with Gasteiger partial charge in [0, 0.05) is 5.69 Å². The monoisotopic (exact) mass is 223 g/mol. The third-order valence-electron chi connectivity index (χ3n) is 1.75. The van der Waals surface area contributed by atoms with Crippen LogP contribution in [-0.4, -0.2) is 13.0 Å². The molecule has 0 saturated heterocycles. The molecule has 0 heterocycles. The number of anilines is 1. The van der Waals surface area contributed by atoms with E-state index in [1.54, 1.807) is 18.2 Å². The molecule has 0 radical (unpaired) electrons. The quantitative estimate of drug-likeness (QED) is 0.474. The molecule has 1 rings (SSSR count). The van der Waals surface area contributed by atoms with Crippen molar-refractivity contribution in [2.75, 3.05) is 4.72 Å². The summed E-state index contributed by atoms with van der Waals surface area (Å²) in [4.78, 5) is 0. The second kappa shape index (κ2) is 5.14. The van der Waals surface area contributed by atoms with Gasteiger partial charge < -0.3 is 4.55 Å². The second-order valence-electron chi connectivity index (χ2n) is 2.86. The van der Waals surface area contributed by atoms with Gasteiger partial charge in [-0.2, -0.15) is 0 Å². The van der Waals surface area contributed by atoms with Crippen molar-refractivity contribution in [2.24, 2.45) is 0 Å². The summed E-state index contributed by atoms with van der Waals surface area (Å²) < 4.78 is 32.9. The molecule has 1 aromatic carbocycles. The first-order chi connectivity index (χ1) is 5.88. The van der Waals surface area contributed by atoms with Crippen LogP contribution in [0.15, 0.2) is 18.2 Å². The predicted molar refractivity (Wildman–Crippen MR) is 49.2 cm³/mol. The Kier molecular flexibility index (Phi) is 5.11. The fraction of sp³-hybridized carbons (Fsp3) is 0.250. The molecule has 0 spiro atoms. The van der Waals surface area contributed by atoms with Crippen molar-refractivity contribution in [1.29, 1.82) is 0 Å². The van der Waals surface area contributed by atoms with E-state index >= 15 is 0 Å². The van der Waals surface area contributed by atoms with Crippen LogP contribution in [0.1, 0.15) is 11.1 Å². The molecule has 0 saturated carbocycles. The smallest absolute Gasteiger partial charge is 0.731 e. The van der Waals surface area contributed by atoms with Crippen molar-refractivity contribution in [3.05, 3.63) is 29.3 Å².